The molecular weight excluding hydrogens is 382 g/mol. The number of rotatable bonds is 3. The Hall–Kier alpha value is -3.61. The van der Waals surface area contributed by atoms with E-state index in [0.29, 0.717) is 11.4 Å². The number of hydrogen-bond acceptors (Lipinski definition) is 4. The summed E-state index contributed by atoms with van der Waals surface area (Å²) in [6, 6.07) is 14.5. The van der Waals surface area contributed by atoms with Gasteiger partial charge in [0.1, 0.15) is 5.75 Å². The largest absolute Gasteiger partial charge is 0.477 e. The Labute approximate surface area is 174 Å². The van der Waals surface area contributed by atoms with Crippen molar-refractivity contribution in [1.82, 2.24) is 10.2 Å². The van der Waals surface area contributed by atoms with E-state index in [-0.39, 0.29) is 30.7 Å². The minimum Gasteiger partial charge on any atom is -0.477 e. The van der Waals surface area contributed by atoms with Gasteiger partial charge in [0, 0.05) is 20.2 Å². The highest BCUT2D eigenvalue weighted by atomic mass is 16.5. The van der Waals surface area contributed by atoms with Crippen LogP contribution in [0.5, 0.6) is 5.75 Å². The predicted molar refractivity (Wildman–Crippen MR) is 113 cm³/mol. The Morgan fingerprint density at radius 1 is 1.10 bits per heavy atom. The fourth-order valence-corrected chi connectivity index (χ4v) is 3.96. The van der Waals surface area contributed by atoms with E-state index >= 15 is 0 Å². The molecule has 2 heterocycles. The molecule has 0 saturated carbocycles. The second-order valence-corrected chi connectivity index (χ2v) is 7.28. The third-order valence-corrected chi connectivity index (χ3v) is 5.45. The molecule has 0 spiro atoms. The molecule has 154 valence electrons. The second-order valence-electron chi connectivity index (χ2n) is 7.28. The third kappa shape index (κ3) is 3.54. The van der Waals surface area contributed by atoms with E-state index in [4.69, 9.17) is 4.74 Å². The van der Waals surface area contributed by atoms with Crippen molar-refractivity contribution >= 4 is 29.5 Å². The third-order valence-electron chi connectivity index (χ3n) is 5.45. The Morgan fingerprint density at radius 2 is 1.83 bits per heavy atom. The quantitative estimate of drug-likeness (QED) is 0.851. The lowest BCUT2D eigenvalue weighted by Crippen LogP contribution is -2.50. The van der Waals surface area contributed by atoms with Crippen molar-refractivity contribution < 1.29 is 19.1 Å². The minimum atomic E-state index is -0.795. The van der Waals surface area contributed by atoms with Crippen LogP contribution in [0.25, 0.3) is 6.08 Å². The Bertz CT molecular complexity index is 1030. The summed E-state index contributed by atoms with van der Waals surface area (Å²) in [5.74, 6) is -0.123. The number of amides is 3. The first kappa shape index (κ1) is 19.7. The SMILES string of the molecule is CNC(=O)[C@H]1CN(C(=O)C[C@H]2c3ccccc3C=CN2C(C)=O)c2ccccc2O1. The predicted octanol–water partition coefficient (Wildman–Crippen LogP) is 2.49. The number of ether oxygens (including phenoxy) is 1. The molecule has 7 heteroatoms. The van der Waals surface area contributed by atoms with Gasteiger partial charge in [-0.15, -0.1) is 0 Å². The maximum absolute atomic E-state index is 13.4. The summed E-state index contributed by atoms with van der Waals surface area (Å²) in [4.78, 5) is 41.0. The van der Waals surface area contributed by atoms with Gasteiger partial charge in [-0.25, -0.2) is 0 Å². The number of nitrogens with zero attached hydrogens (tertiary/aromatic N) is 2. The summed E-state index contributed by atoms with van der Waals surface area (Å²) in [7, 11) is 1.54. The van der Waals surface area contributed by atoms with Crippen molar-refractivity contribution in [2.24, 2.45) is 0 Å². The monoisotopic (exact) mass is 405 g/mol. The molecule has 0 saturated heterocycles. The number of anilines is 1. The van der Waals surface area contributed by atoms with Crippen molar-refractivity contribution in [3.63, 3.8) is 0 Å². The maximum atomic E-state index is 13.4. The van der Waals surface area contributed by atoms with Crippen molar-refractivity contribution in [1.29, 1.82) is 0 Å². The lowest BCUT2D eigenvalue weighted by Gasteiger charge is -2.37. The van der Waals surface area contributed by atoms with E-state index in [1.807, 2.05) is 36.4 Å². The Balaban J connectivity index is 1.66. The first-order valence-electron chi connectivity index (χ1n) is 9.83. The molecule has 2 atom stereocenters. The number of fused-ring (bicyclic) bond motifs is 2. The van der Waals surface area contributed by atoms with Crippen LogP contribution < -0.4 is 15.0 Å². The van der Waals surface area contributed by atoms with Crippen molar-refractivity contribution in [2.75, 3.05) is 18.5 Å². The topological polar surface area (TPSA) is 79.0 Å². The average molecular weight is 405 g/mol. The first-order valence-corrected chi connectivity index (χ1v) is 9.83. The zero-order chi connectivity index (χ0) is 21.3. The molecule has 0 aliphatic carbocycles. The van der Waals surface area contributed by atoms with Crippen LogP contribution in [-0.4, -0.2) is 42.3 Å². The molecule has 2 aromatic rings. The molecular formula is C23H23N3O4. The first-order chi connectivity index (χ1) is 14.5. The molecule has 0 radical (unpaired) electrons. The number of benzene rings is 2. The van der Waals surface area contributed by atoms with E-state index in [1.165, 1.54) is 14.0 Å². The highest BCUT2D eigenvalue weighted by molar-refractivity contribution is 5.98. The van der Waals surface area contributed by atoms with Gasteiger partial charge in [0.2, 0.25) is 11.8 Å². The summed E-state index contributed by atoms with van der Waals surface area (Å²) < 4.78 is 5.79. The molecule has 1 N–H and O–H groups in total. The van der Waals surface area contributed by atoms with Crippen LogP contribution in [0.4, 0.5) is 5.69 Å². The lowest BCUT2D eigenvalue weighted by molar-refractivity contribution is -0.129. The van der Waals surface area contributed by atoms with E-state index in [0.717, 1.165) is 11.1 Å². The van der Waals surface area contributed by atoms with Crippen molar-refractivity contribution in [3.8, 4) is 5.75 Å². The highest BCUT2D eigenvalue weighted by Gasteiger charge is 2.36. The molecule has 30 heavy (non-hydrogen) atoms. The molecule has 2 aliphatic heterocycles. The fraction of sp³-hybridized carbons (Fsp3) is 0.261. The lowest BCUT2D eigenvalue weighted by atomic mass is 9.93. The van der Waals surface area contributed by atoms with Crippen LogP contribution in [0.15, 0.2) is 54.7 Å². The van der Waals surface area contributed by atoms with E-state index in [9.17, 15) is 14.4 Å². The number of likely N-dealkylation sites (N-methyl/N-ethyl adjacent to an activating group) is 1. The van der Waals surface area contributed by atoms with Gasteiger partial charge in [-0.05, 0) is 29.3 Å². The van der Waals surface area contributed by atoms with Crippen LogP contribution in [0.1, 0.15) is 30.5 Å². The fourth-order valence-electron chi connectivity index (χ4n) is 3.96. The zero-order valence-electron chi connectivity index (χ0n) is 16.9. The number of para-hydroxylation sites is 2. The van der Waals surface area contributed by atoms with Crippen LogP contribution in [-0.2, 0) is 14.4 Å². The van der Waals surface area contributed by atoms with E-state index < -0.39 is 12.1 Å². The van der Waals surface area contributed by atoms with Gasteiger partial charge >= 0.3 is 0 Å². The average Bonchev–Trinajstić information content (AvgIpc) is 2.77. The van der Waals surface area contributed by atoms with Crippen LogP contribution >= 0.6 is 0 Å². The number of hydrogen-bond donors (Lipinski definition) is 1. The summed E-state index contributed by atoms with van der Waals surface area (Å²) >= 11 is 0. The molecule has 0 unspecified atom stereocenters. The Kier molecular flexibility index (Phi) is 5.27. The normalized spacial score (nSPS) is 19.4. The molecule has 2 aromatic carbocycles. The maximum Gasteiger partial charge on any atom is 0.262 e. The van der Waals surface area contributed by atoms with E-state index in [1.54, 1.807) is 34.2 Å². The molecule has 0 bridgehead atoms. The van der Waals surface area contributed by atoms with Gasteiger partial charge in [0.25, 0.3) is 5.91 Å². The van der Waals surface area contributed by atoms with Crippen LogP contribution in [0.3, 0.4) is 0 Å². The van der Waals surface area contributed by atoms with Crippen molar-refractivity contribution in [2.45, 2.75) is 25.5 Å². The number of nitrogens with one attached hydrogen (secondary N) is 1. The molecule has 0 fully saturated rings. The molecule has 7 nitrogen and oxygen atoms in total. The van der Waals surface area contributed by atoms with E-state index in [2.05, 4.69) is 5.32 Å². The second kappa shape index (κ2) is 8.02. The standard InChI is InChI=1S/C23H23N3O4/c1-15(27)25-12-11-16-7-3-4-8-17(16)19(25)13-22(28)26-14-21(23(29)24-2)30-20-10-6-5-9-18(20)26/h3-12,19,21H,13-14H2,1-2H3,(H,24,29)/t19-,21+/m0/s1. The molecule has 3 amide bonds. The van der Waals surface area contributed by atoms with Crippen LogP contribution in [0, 0.1) is 0 Å². The van der Waals surface area contributed by atoms with Gasteiger partial charge < -0.3 is 19.9 Å². The minimum absolute atomic E-state index is 0.0930. The molecule has 2 aliphatic rings. The molecule has 4 rings (SSSR count). The summed E-state index contributed by atoms with van der Waals surface area (Å²) in [5, 5.41) is 2.58. The summed E-state index contributed by atoms with van der Waals surface area (Å²) in [6.07, 6.45) is 2.90. The zero-order valence-corrected chi connectivity index (χ0v) is 16.9. The van der Waals surface area contributed by atoms with Gasteiger partial charge in [-0.2, -0.15) is 0 Å². The van der Waals surface area contributed by atoms with Crippen LogP contribution in [0.2, 0.25) is 0 Å². The number of carbonyl (C=O) groups is 3. The Morgan fingerprint density at radius 3 is 2.60 bits per heavy atom. The van der Waals surface area contributed by atoms with Gasteiger partial charge in [0.05, 0.1) is 24.7 Å². The smallest absolute Gasteiger partial charge is 0.262 e. The molecule has 0 aromatic heterocycles. The highest BCUT2D eigenvalue weighted by Crippen LogP contribution is 2.37. The van der Waals surface area contributed by atoms with Gasteiger partial charge in [0.15, 0.2) is 6.10 Å². The summed E-state index contributed by atoms with van der Waals surface area (Å²) in [5.41, 5.74) is 2.53. The number of carbonyl (C=O) groups excluding carboxylic acids is 3. The van der Waals surface area contributed by atoms with Crippen molar-refractivity contribution in [3.05, 3.63) is 65.9 Å². The summed E-state index contributed by atoms with van der Waals surface area (Å²) in [6.45, 7) is 1.60. The van der Waals surface area contributed by atoms with Gasteiger partial charge in [-0.3, -0.25) is 14.4 Å². The van der Waals surface area contributed by atoms with Gasteiger partial charge in [-0.1, -0.05) is 36.4 Å².